The van der Waals surface area contributed by atoms with E-state index >= 15 is 0 Å². The van der Waals surface area contributed by atoms with Gasteiger partial charge in [-0.25, -0.2) is 18.1 Å². The monoisotopic (exact) mass is 278 g/mol. The molecule has 1 aromatic heterocycles. The van der Waals surface area contributed by atoms with Crippen LogP contribution in [-0.2, 0) is 10.0 Å². The van der Waals surface area contributed by atoms with E-state index in [4.69, 9.17) is 16.7 Å². The first-order valence-corrected chi connectivity index (χ1v) is 7.07. The largest absolute Gasteiger partial charge is 0.393 e. The summed E-state index contributed by atoms with van der Waals surface area (Å²) in [7, 11) is -3.54. The standard InChI is InChI=1S/C10H15ClN2O3S/c1-8(14)3-2-5-13-17(15,16)9-4-6-12-10(11)7-9/h4,6-8,13-14H,2-3,5H2,1H3. The topological polar surface area (TPSA) is 79.3 Å². The predicted molar refractivity (Wildman–Crippen MR) is 65.4 cm³/mol. The molecule has 1 heterocycles. The molecule has 0 amide bonds. The second-order valence-corrected chi connectivity index (χ2v) is 5.86. The Kier molecular flexibility index (Phi) is 5.32. The SMILES string of the molecule is CC(O)CCCNS(=O)(=O)c1ccnc(Cl)c1. The van der Waals surface area contributed by atoms with Crippen molar-refractivity contribution >= 4 is 21.6 Å². The van der Waals surface area contributed by atoms with E-state index in [0.29, 0.717) is 12.8 Å². The zero-order valence-electron chi connectivity index (χ0n) is 9.43. The van der Waals surface area contributed by atoms with Gasteiger partial charge in [-0.15, -0.1) is 0 Å². The van der Waals surface area contributed by atoms with E-state index in [1.54, 1.807) is 6.92 Å². The number of aliphatic hydroxyl groups excluding tert-OH is 1. The van der Waals surface area contributed by atoms with Crippen molar-refractivity contribution in [2.45, 2.75) is 30.8 Å². The molecule has 0 radical (unpaired) electrons. The van der Waals surface area contributed by atoms with Gasteiger partial charge in [-0.2, -0.15) is 0 Å². The third-order valence-corrected chi connectivity index (χ3v) is 3.76. The minimum atomic E-state index is -3.54. The smallest absolute Gasteiger partial charge is 0.240 e. The maximum absolute atomic E-state index is 11.8. The average molecular weight is 279 g/mol. The van der Waals surface area contributed by atoms with Crippen molar-refractivity contribution in [3.63, 3.8) is 0 Å². The lowest BCUT2D eigenvalue weighted by Gasteiger charge is -2.07. The third kappa shape index (κ3) is 4.99. The lowest BCUT2D eigenvalue weighted by Crippen LogP contribution is -2.25. The molecule has 1 aromatic rings. The number of hydrogen-bond acceptors (Lipinski definition) is 4. The molecule has 17 heavy (non-hydrogen) atoms. The summed E-state index contributed by atoms with van der Waals surface area (Å²) in [6.07, 6.45) is 2.05. The van der Waals surface area contributed by atoms with Crippen LogP contribution in [0.3, 0.4) is 0 Å². The molecule has 0 aliphatic carbocycles. The van der Waals surface area contributed by atoms with Crippen LogP contribution < -0.4 is 4.72 Å². The summed E-state index contributed by atoms with van der Waals surface area (Å²) in [4.78, 5) is 3.81. The number of sulfonamides is 1. The number of nitrogens with zero attached hydrogens (tertiary/aromatic N) is 1. The Balaban J connectivity index is 2.57. The van der Waals surface area contributed by atoms with Crippen LogP contribution in [0, 0.1) is 0 Å². The fourth-order valence-electron chi connectivity index (χ4n) is 1.24. The summed E-state index contributed by atoms with van der Waals surface area (Å²) < 4.78 is 26.0. The van der Waals surface area contributed by atoms with E-state index in [1.807, 2.05) is 0 Å². The number of nitrogens with one attached hydrogen (secondary N) is 1. The molecule has 0 saturated carbocycles. The Labute approximate surface area is 106 Å². The van der Waals surface area contributed by atoms with Crippen LogP contribution in [0.2, 0.25) is 5.15 Å². The lowest BCUT2D eigenvalue weighted by molar-refractivity contribution is 0.182. The summed E-state index contributed by atoms with van der Waals surface area (Å²) >= 11 is 5.62. The molecule has 1 unspecified atom stereocenters. The van der Waals surface area contributed by atoms with Crippen molar-refractivity contribution in [2.75, 3.05) is 6.54 Å². The third-order valence-electron chi connectivity index (χ3n) is 2.10. The fourth-order valence-corrected chi connectivity index (χ4v) is 2.56. The zero-order valence-corrected chi connectivity index (χ0v) is 11.0. The summed E-state index contributed by atoms with van der Waals surface area (Å²) in [5, 5.41) is 9.17. The summed E-state index contributed by atoms with van der Waals surface area (Å²) in [6, 6.07) is 2.67. The lowest BCUT2D eigenvalue weighted by atomic mass is 10.2. The van der Waals surface area contributed by atoms with Crippen LogP contribution in [0.15, 0.2) is 23.2 Å². The number of rotatable bonds is 6. The molecule has 0 bridgehead atoms. The Morgan fingerprint density at radius 3 is 2.88 bits per heavy atom. The molecule has 96 valence electrons. The van der Waals surface area contributed by atoms with Crippen molar-refractivity contribution in [2.24, 2.45) is 0 Å². The second kappa shape index (κ2) is 6.30. The van der Waals surface area contributed by atoms with Gasteiger partial charge in [0.15, 0.2) is 0 Å². The van der Waals surface area contributed by atoms with E-state index in [-0.39, 0.29) is 16.6 Å². The van der Waals surface area contributed by atoms with Gasteiger partial charge in [0.1, 0.15) is 5.15 Å². The van der Waals surface area contributed by atoms with E-state index < -0.39 is 16.1 Å². The Bertz CT molecular complexity index is 462. The number of aliphatic hydroxyl groups is 1. The maximum atomic E-state index is 11.8. The molecular weight excluding hydrogens is 264 g/mol. The molecule has 0 aliphatic rings. The Morgan fingerprint density at radius 1 is 1.59 bits per heavy atom. The minimum absolute atomic E-state index is 0.0922. The van der Waals surface area contributed by atoms with Gasteiger partial charge in [-0.3, -0.25) is 0 Å². The maximum Gasteiger partial charge on any atom is 0.240 e. The average Bonchev–Trinajstić information content (AvgIpc) is 2.24. The molecule has 0 saturated heterocycles. The molecular formula is C10H15ClN2O3S. The van der Waals surface area contributed by atoms with Crippen LogP contribution >= 0.6 is 11.6 Å². The van der Waals surface area contributed by atoms with E-state index in [1.165, 1.54) is 18.3 Å². The normalized spacial score (nSPS) is 13.6. The van der Waals surface area contributed by atoms with Gasteiger partial charge in [0.25, 0.3) is 0 Å². The summed E-state index contributed by atoms with van der Waals surface area (Å²) in [5.74, 6) is 0. The number of hydrogen-bond donors (Lipinski definition) is 2. The molecule has 7 heteroatoms. The molecule has 0 aromatic carbocycles. The van der Waals surface area contributed by atoms with Crippen molar-refractivity contribution < 1.29 is 13.5 Å². The van der Waals surface area contributed by atoms with Crippen molar-refractivity contribution in [3.05, 3.63) is 23.5 Å². The van der Waals surface area contributed by atoms with Crippen LogP contribution in [0.1, 0.15) is 19.8 Å². The fraction of sp³-hybridized carbons (Fsp3) is 0.500. The Morgan fingerprint density at radius 2 is 2.29 bits per heavy atom. The van der Waals surface area contributed by atoms with Gasteiger partial charge in [0.05, 0.1) is 11.0 Å². The zero-order chi connectivity index (χ0) is 12.9. The van der Waals surface area contributed by atoms with Gasteiger partial charge in [-0.05, 0) is 31.9 Å². The highest BCUT2D eigenvalue weighted by Gasteiger charge is 2.13. The van der Waals surface area contributed by atoms with Crippen molar-refractivity contribution in [3.8, 4) is 0 Å². The van der Waals surface area contributed by atoms with Crippen molar-refractivity contribution in [1.29, 1.82) is 0 Å². The number of aromatic nitrogens is 1. The van der Waals surface area contributed by atoms with Gasteiger partial charge >= 0.3 is 0 Å². The molecule has 1 rings (SSSR count). The molecule has 0 aliphatic heterocycles. The van der Waals surface area contributed by atoms with E-state index in [0.717, 1.165) is 0 Å². The highest BCUT2D eigenvalue weighted by Crippen LogP contribution is 2.12. The van der Waals surface area contributed by atoms with E-state index in [2.05, 4.69) is 9.71 Å². The Hall–Kier alpha value is -0.690. The minimum Gasteiger partial charge on any atom is -0.393 e. The molecule has 0 spiro atoms. The van der Waals surface area contributed by atoms with Gasteiger partial charge < -0.3 is 5.11 Å². The van der Waals surface area contributed by atoms with Gasteiger partial charge in [0, 0.05) is 12.7 Å². The van der Waals surface area contributed by atoms with Crippen LogP contribution in [0.4, 0.5) is 0 Å². The first-order chi connectivity index (χ1) is 7.92. The van der Waals surface area contributed by atoms with Crippen LogP contribution in [-0.4, -0.2) is 31.2 Å². The van der Waals surface area contributed by atoms with Crippen LogP contribution in [0.5, 0.6) is 0 Å². The first-order valence-electron chi connectivity index (χ1n) is 5.21. The van der Waals surface area contributed by atoms with Gasteiger partial charge in [-0.1, -0.05) is 11.6 Å². The molecule has 0 fully saturated rings. The predicted octanol–water partition coefficient (Wildman–Crippen LogP) is 1.17. The first kappa shape index (κ1) is 14.4. The molecule has 5 nitrogen and oxygen atoms in total. The summed E-state index contributed by atoms with van der Waals surface area (Å²) in [6.45, 7) is 1.95. The summed E-state index contributed by atoms with van der Waals surface area (Å²) in [5.41, 5.74) is 0. The van der Waals surface area contributed by atoms with Crippen molar-refractivity contribution in [1.82, 2.24) is 9.71 Å². The van der Waals surface area contributed by atoms with Crippen LogP contribution in [0.25, 0.3) is 0 Å². The number of pyridine rings is 1. The number of halogens is 1. The molecule has 2 N–H and O–H groups in total. The second-order valence-electron chi connectivity index (χ2n) is 3.70. The molecule has 1 atom stereocenters. The van der Waals surface area contributed by atoms with Gasteiger partial charge in [0.2, 0.25) is 10.0 Å². The van der Waals surface area contributed by atoms with E-state index in [9.17, 15) is 8.42 Å². The highest BCUT2D eigenvalue weighted by atomic mass is 35.5. The highest BCUT2D eigenvalue weighted by molar-refractivity contribution is 7.89. The quantitative estimate of drug-likeness (QED) is 0.605.